The number of nitrogens with one attached hydrogen (secondary N) is 2. The van der Waals surface area contributed by atoms with Crippen LogP contribution in [0.25, 0.3) is 0 Å². The smallest absolute Gasteiger partial charge is 0.241 e. The first kappa shape index (κ1) is 22.2. The van der Waals surface area contributed by atoms with Crippen molar-refractivity contribution in [2.75, 3.05) is 6.54 Å². The van der Waals surface area contributed by atoms with E-state index in [1.54, 1.807) is 26.2 Å². The van der Waals surface area contributed by atoms with Crippen LogP contribution in [0.3, 0.4) is 0 Å². The van der Waals surface area contributed by atoms with Crippen molar-refractivity contribution in [2.45, 2.75) is 58.9 Å². The van der Waals surface area contributed by atoms with Crippen LogP contribution < -0.4 is 10.0 Å². The van der Waals surface area contributed by atoms with Crippen LogP contribution >= 0.6 is 0 Å². The van der Waals surface area contributed by atoms with E-state index in [0.717, 1.165) is 16.9 Å². The monoisotopic (exact) mass is 406 g/mol. The van der Waals surface area contributed by atoms with E-state index in [1.807, 2.05) is 39.8 Å². The molecule has 0 bridgehead atoms. The quantitative estimate of drug-likeness (QED) is 0.705. The van der Waals surface area contributed by atoms with Crippen LogP contribution in [-0.2, 0) is 21.2 Å². The molecule has 154 valence electrons. The molecule has 0 aliphatic rings. The Kier molecular flexibility index (Phi) is 7.06. The van der Waals surface area contributed by atoms with E-state index in [4.69, 9.17) is 4.42 Å². The highest BCUT2D eigenvalue weighted by molar-refractivity contribution is 7.89. The third-order valence-corrected chi connectivity index (χ3v) is 6.76. The third kappa shape index (κ3) is 5.02. The highest BCUT2D eigenvalue weighted by Crippen LogP contribution is 2.26. The van der Waals surface area contributed by atoms with Crippen molar-refractivity contribution in [3.8, 4) is 0 Å². The predicted molar refractivity (Wildman–Crippen MR) is 110 cm³/mol. The highest BCUT2D eigenvalue weighted by atomic mass is 32.2. The van der Waals surface area contributed by atoms with E-state index in [0.29, 0.717) is 24.1 Å². The van der Waals surface area contributed by atoms with Gasteiger partial charge in [0.15, 0.2) is 0 Å². The van der Waals surface area contributed by atoms with Gasteiger partial charge in [-0.15, -0.1) is 0 Å². The van der Waals surface area contributed by atoms with Gasteiger partial charge in [-0.05, 0) is 68.0 Å². The molecule has 0 aliphatic heterocycles. The molecule has 1 heterocycles. The summed E-state index contributed by atoms with van der Waals surface area (Å²) < 4.78 is 34.2. The maximum Gasteiger partial charge on any atom is 0.241 e. The molecule has 2 aromatic rings. The first-order chi connectivity index (χ1) is 13.0. The Hall–Kier alpha value is -2.12. The molecule has 7 heteroatoms. The van der Waals surface area contributed by atoms with Crippen LogP contribution in [-0.4, -0.2) is 26.9 Å². The average molecular weight is 407 g/mol. The molecule has 0 radical (unpaired) electrons. The van der Waals surface area contributed by atoms with Gasteiger partial charge in [-0.2, -0.15) is 4.72 Å². The summed E-state index contributed by atoms with van der Waals surface area (Å²) >= 11 is 0. The van der Waals surface area contributed by atoms with Gasteiger partial charge in [0.25, 0.3) is 0 Å². The van der Waals surface area contributed by atoms with Gasteiger partial charge in [-0.1, -0.05) is 19.9 Å². The molecule has 1 amide bonds. The number of carbonyl (C=O) groups excluding carboxylic acids is 1. The summed E-state index contributed by atoms with van der Waals surface area (Å²) in [5.74, 6) is 0.221. The zero-order valence-corrected chi connectivity index (χ0v) is 18.2. The Labute approximate surface area is 167 Å². The highest BCUT2D eigenvalue weighted by Gasteiger charge is 2.30. The lowest BCUT2D eigenvalue weighted by molar-refractivity contribution is -0.123. The first-order valence-corrected chi connectivity index (χ1v) is 10.9. The number of sulfonamides is 1. The van der Waals surface area contributed by atoms with Gasteiger partial charge in [-0.3, -0.25) is 4.79 Å². The molecule has 1 unspecified atom stereocenters. The molecule has 28 heavy (non-hydrogen) atoms. The standard InChI is InChI=1S/C21H30N2O4S/c1-13(2)19(21(24)22-10-9-18-8-7-11-27-18)23-28(25,26)20-16(5)14(3)12-15(4)17(20)6/h7-8,11-13,19,23H,9-10H2,1-6H3,(H,22,24). The minimum Gasteiger partial charge on any atom is -0.469 e. The molecule has 0 aliphatic carbocycles. The molecule has 1 aromatic heterocycles. The Morgan fingerprint density at radius 1 is 1.11 bits per heavy atom. The Bertz CT molecular complexity index is 906. The van der Waals surface area contributed by atoms with E-state index >= 15 is 0 Å². The van der Waals surface area contributed by atoms with Crippen molar-refractivity contribution in [3.05, 3.63) is 52.5 Å². The maximum absolute atomic E-state index is 13.2. The van der Waals surface area contributed by atoms with Crippen LogP contribution in [0.4, 0.5) is 0 Å². The van der Waals surface area contributed by atoms with Crippen LogP contribution in [0, 0.1) is 33.6 Å². The maximum atomic E-state index is 13.2. The lowest BCUT2D eigenvalue weighted by atomic mass is 10.0. The second-order valence-corrected chi connectivity index (χ2v) is 9.20. The van der Waals surface area contributed by atoms with E-state index in [1.165, 1.54) is 0 Å². The van der Waals surface area contributed by atoms with Gasteiger partial charge in [0, 0.05) is 13.0 Å². The van der Waals surface area contributed by atoms with Crippen molar-refractivity contribution < 1.29 is 17.6 Å². The number of rotatable bonds is 8. The number of carbonyl (C=O) groups is 1. The van der Waals surface area contributed by atoms with Crippen LogP contribution in [0.2, 0.25) is 0 Å². The lowest BCUT2D eigenvalue weighted by Gasteiger charge is -2.23. The van der Waals surface area contributed by atoms with Gasteiger partial charge < -0.3 is 9.73 Å². The topological polar surface area (TPSA) is 88.4 Å². The zero-order chi connectivity index (χ0) is 21.1. The number of furan rings is 1. The fourth-order valence-electron chi connectivity index (χ4n) is 3.18. The summed E-state index contributed by atoms with van der Waals surface area (Å²) in [5, 5.41) is 2.80. The van der Waals surface area contributed by atoms with Crippen molar-refractivity contribution in [1.29, 1.82) is 0 Å². The summed E-state index contributed by atoms with van der Waals surface area (Å²) in [4.78, 5) is 12.9. The molecule has 2 N–H and O–H groups in total. The summed E-state index contributed by atoms with van der Waals surface area (Å²) in [6.07, 6.45) is 2.13. The minimum absolute atomic E-state index is 0.204. The Morgan fingerprint density at radius 2 is 1.71 bits per heavy atom. The van der Waals surface area contributed by atoms with Gasteiger partial charge >= 0.3 is 0 Å². The first-order valence-electron chi connectivity index (χ1n) is 9.44. The molecule has 0 saturated heterocycles. The third-order valence-electron chi connectivity index (χ3n) is 5.05. The molecule has 1 atom stereocenters. The predicted octanol–water partition coefficient (Wildman–Crippen LogP) is 3.18. The molecule has 0 fully saturated rings. The summed E-state index contributed by atoms with van der Waals surface area (Å²) in [6.45, 7) is 11.4. The van der Waals surface area contributed by atoms with Crippen molar-refractivity contribution in [1.82, 2.24) is 10.0 Å². The molecule has 2 rings (SSSR count). The van der Waals surface area contributed by atoms with Gasteiger partial charge in [0.1, 0.15) is 11.8 Å². The van der Waals surface area contributed by atoms with Gasteiger partial charge in [-0.25, -0.2) is 8.42 Å². The number of hydrogen-bond donors (Lipinski definition) is 2. The minimum atomic E-state index is -3.85. The van der Waals surface area contributed by atoms with Crippen LogP contribution in [0.5, 0.6) is 0 Å². The number of aryl methyl sites for hydroxylation is 2. The zero-order valence-electron chi connectivity index (χ0n) is 17.4. The van der Waals surface area contributed by atoms with Gasteiger partial charge in [0.05, 0.1) is 11.2 Å². The number of hydrogen-bond acceptors (Lipinski definition) is 4. The molecule has 0 spiro atoms. The van der Waals surface area contributed by atoms with E-state index in [-0.39, 0.29) is 16.7 Å². The lowest BCUT2D eigenvalue weighted by Crippen LogP contribution is -2.50. The Balaban J connectivity index is 2.20. The second-order valence-electron chi connectivity index (χ2n) is 7.55. The van der Waals surface area contributed by atoms with Crippen LogP contribution in [0.1, 0.15) is 41.9 Å². The van der Waals surface area contributed by atoms with Crippen molar-refractivity contribution >= 4 is 15.9 Å². The fraction of sp³-hybridized carbons (Fsp3) is 0.476. The Morgan fingerprint density at radius 3 is 2.21 bits per heavy atom. The van der Waals surface area contributed by atoms with E-state index in [2.05, 4.69) is 10.0 Å². The van der Waals surface area contributed by atoms with E-state index < -0.39 is 16.1 Å². The summed E-state index contributed by atoms with van der Waals surface area (Å²) in [5.41, 5.74) is 3.23. The fourth-order valence-corrected chi connectivity index (χ4v) is 5.14. The largest absolute Gasteiger partial charge is 0.469 e. The summed E-state index contributed by atoms with van der Waals surface area (Å²) in [6, 6.07) is 4.74. The second kappa shape index (κ2) is 8.92. The molecular weight excluding hydrogens is 376 g/mol. The molecule has 1 aromatic carbocycles. The van der Waals surface area contributed by atoms with Crippen molar-refractivity contribution in [3.63, 3.8) is 0 Å². The number of benzene rings is 1. The van der Waals surface area contributed by atoms with Gasteiger partial charge in [0.2, 0.25) is 15.9 Å². The normalized spacial score (nSPS) is 13.0. The molecule has 0 saturated carbocycles. The molecular formula is C21H30N2O4S. The van der Waals surface area contributed by atoms with Crippen molar-refractivity contribution in [2.24, 2.45) is 5.92 Å². The summed E-state index contributed by atoms with van der Waals surface area (Å²) in [7, 11) is -3.85. The molecule has 6 nitrogen and oxygen atoms in total. The average Bonchev–Trinajstić information content (AvgIpc) is 3.11. The SMILES string of the molecule is Cc1cc(C)c(C)c(S(=O)(=O)NC(C(=O)NCCc2ccco2)C(C)C)c1C. The number of amides is 1. The van der Waals surface area contributed by atoms with E-state index in [9.17, 15) is 13.2 Å². The van der Waals surface area contributed by atoms with Crippen LogP contribution in [0.15, 0.2) is 33.8 Å².